The minimum atomic E-state index is -0.322. The van der Waals surface area contributed by atoms with E-state index in [0.717, 1.165) is 10.9 Å². The van der Waals surface area contributed by atoms with Crippen LogP contribution in [0.3, 0.4) is 0 Å². The Morgan fingerprint density at radius 3 is 2.87 bits per heavy atom. The summed E-state index contributed by atoms with van der Waals surface area (Å²) in [6.45, 7) is 2.71. The van der Waals surface area contributed by atoms with Gasteiger partial charge in [-0.05, 0) is 29.2 Å². The van der Waals surface area contributed by atoms with Crippen LogP contribution in [-0.2, 0) is 16.1 Å². The lowest BCUT2D eigenvalue weighted by atomic mass is 10.0. The molecule has 1 N–H and O–H groups in total. The monoisotopic (exact) mass is 306 g/mol. The van der Waals surface area contributed by atoms with Crippen molar-refractivity contribution in [1.82, 2.24) is 10.2 Å². The molecule has 0 spiro atoms. The first-order valence-corrected chi connectivity index (χ1v) is 7.65. The standard InChI is InChI=1S/C19H18N2O2/c1-2-6-18(22)20-16-11-19(23)21(13-16)12-15-9-5-8-14-7-3-4-10-17(14)15/h3-5,7-10,16H,11-13H2,1H3,(H,20,22)/t16-/m0/s1. The predicted octanol–water partition coefficient (Wildman–Crippen LogP) is 2.08. The molecule has 0 radical (unpaired) electrons. The summed E-state index contributed by atoms with van der Waals surface area (Å²) in [4.78, 5) is 25.5. The first-order chi connectivity index (χ1) is 11.2. The van der Waals surface area contributed by atoms with Gasteiger partial charge >= 0.3 is 0 Å². The summed E-state index contributed by atoms with van der Waals surface area (Å²) >= 11 is 0. The molecule has 2 aromatic rings. The highest BCUT2D eigenvalue weighted by atomic mass is 16.2. The predicted molar refractivity (Wildman–Crippen MR) is 89.4 cm³/mol. The van der Waals surface area contributed by atoms with Crippen molar-refractivity contribution >= 4 is 22.6 Å². The molecule has 116 valence electrons. The fourth-order valence-electron chi connectivity index (χ4n) is 2.99. The van der Waals surface area contributed by atoms with Crippen LogP contribution in [0.4, 0.5) is 0 Å². The van der Waals surface area contributed by atoms with Gasteiger partial charge in [-0.2, -0.15) is 0 Å². The SMILES string of the molecule is CC#CC(=O)N[C@H]1CC(=O)N(Cc2cccc3ccccc23)C1. The van der Waals surface area contributed by atoms with Crippen molar-refractivity contribution in [2.75, 3.05) is 6.54 Å². The number of rotatable bonds is 3. The molecular formula is C19H18N2O2. The summed E-state index contributed by atoms with van der Waals surface area (Å²) in [7, 11) is 0. The fourth-order valence-corrected chi connectivity index (χ4v) is 2.99. The smallest absolute Gasteiger partial charge is 0.296 e. The first-order valence-electron chi connectivity index (χ1n) is 7.65. The molecule has 4 nitrogen and oxygen atoms in total. The molecule has 2 amide bonds. The van der Waals surface area contributed by atoms with Gasteiger partial charge in [0.05, 0.1) is 6.04 Å². The molecular weight excluding hydrogens is 288 g/mol. The maximum Gasteiger partial charge on any atom is 0.296 e. The van der Waals surface area contributed by atoms with Crippen LogP contribution in [0.25, 0.3) is 10.8 Å². The summed E-state index contributed by atoms with van der Waals surface area (Å²) in [5.41, 5.74) is 1.12. The second kappa shape index (κ2) is 6.53. The molecule has 23 heavy (non-hydrogen) atoms. The fraction of sp³-hybridized carbons (Fsp3) is 0.263. The van der Waals surface area contributed by atoms with E-state index in [1.54, 1.807) is 11.8 Å². The van der Waals surface area contributed by atoms with Crippen LogP contribution in [0.1, 0.15) is 18.9 Å². The van der Waals surface area contributed by atoms with E-state index in [1.807, 2.05) is 24.3 Å². The number of nitrogens with zero attached hydrogens (tertiary/aromatic N) is 1. The molecule has 4 heteroatoms. The topological polar surface area (TPSA) is 49.4 Å². The van der Waals surface area contributed by atoms with Crippen molar-refractivity contribution in [3.05, 3.63) is 48.0 Å². The molecule has 0 aromatic heterocycles. The second-order valence-corrected chi connectivity index (χ2v) is 5.66. The number of benzene rings is 2. The lowest BCUT2D eigenvalue weighted by Gasteiger charge is -2.18. The van der Waals surface area contributed by atoms with E-state index >= 15 is 0 Å². The number of nitrogens with one attached hydrogen (secondary N) is 1. The largest absolute Gasteiger partial charge is 0.340 e. The zero-order chi connectivity index (χ0) is 16.2. The Morgan fingerprint density at radius 1 is 1.26 bits per heavy atom. The maximum atomic E-state index is 12.2. The van der Waals surface area contributed by atoms with E-state index < -0.39 is 0 Å². The number of hydrogen-bond acceptors (Lipinski definition) is 2. The van der Waals surface area contributed by atoms with Crippen molar-refractivity contribution in [3.63, 3.8) is 0 Å². The van der Waals surface area contributed by atoms with Crippen LogP contribution in [0.5, 0.6) is 0 Å². The Balaban J connectivity index is 1.73. The van der Waals surface area contributed by atoms with E-state index in [1.165, 1.54) is 5.39 Å². The molecule has 0 saturated carbocycles. The molecule has 0 unspecified atom stereocenters. The summed E-state index contributed by atoms with van der Waals surface area (Å²) in [6, 6.07) is 14.1. The van der Waals surface area contributed by atoms with E-state index in [4.69, 9.17) is 0 Å². The third-order valence-electron chi connectivity index (χ3n) is 4.03. The van der Waals surface area contributed by atoms with Crippen molar-refractivity contribution < 1.29 is 9.59 Å². The number of fused-ring (bicyclic) bond motifs is 1. The Bertz CT molecular complexity index is 811. The zero-order valence-electron chi connectivity index (χ0n) is 13.0. The van der Waals surface area contributed by atoms with Crippen molar-refractivity contribution in [1.29, 1.82) is 0 Å². The second-order valence-electron chi connectivity index (χ2n) is 5.66. The lowest BCUT2D eigenvalue weighted by Crippen LogP contribution is -2.36. The van der Waals surface area contributed by atoms with Gasteiger partial charge in [0.2, 0.25) is 5.91 Å². The summed E-state index contributed by atoms with van der Waals surface area (Å²) in [5, 5.41) is 5.11. The third-order valence-corrected chi connectivity index (χ3v) is 4.03. The molecule has 1 atom stereocenters. The molecule has 1 heterocycles. The van der Waals surface area contributed by atoms with E-state index in [-0.39, 0.29) is 17.9 Å². The third kappa shape index (κ3) is 3.35. The normalized spacial score (nSPS) is 17.0. The number of hydrogen-bond donors (Lipinski definition) is 1. The van der Waals surface area contributed by atoms with Crippen LogP contribution in [0, 0.1) is 11.8 Å². The minimum absolute atomic E-state index is 0.0627. The van der Waals surface area contributed by atoms with Gasteiger partial charge in [-0.15, -0.1) is 0 Å². The molecule has 0 bridgehead atoms. The molecule has 1 saturated heterocycles. The van der Waals surface area contributed by atoms with Gasteiger partial charge in [0.25, 0.3) is 5.91 Å². The highest BCUT2D eigenvalue weighted by Crippen LogP contribution is 2.22. The molecule has 2 aromatic carbocycles. The number of carbonyl (C=O) groups is 2. The Hall–Kier alpha value is -2.80. The van der Waals surface area contributed by atoms with E-state index in [9.17, 15) is 9.59 Å². The van der Waals surface area contributed by atoms with E-state index in [0.29, 0.717) is 19.5 Å². The van der Waals surface area contributed by atoms with Crippen molar-refractivity contribution in [2.24, 2.45) is 0 Å². The van der Waals surface area contributed by atoms with Crippen LogP contribution >= 0.6 is 0 Å². The average Bonchev–Trinajstić information content (AvgIpc) is 2.87. The number of likely N-dealkylation sites (tertiary alicyclic amines) is 1. The number of carbonyl (C=O) groups excluding carboxylic acids is 2. The highest BCUT2D eigenvalue weighted by molar-refractivity contribution is 5.94. The summed E-state index contributed by atoms with van der Waals surface area (Å²) in [5.74, 6) is 4.75. The Morgan fingerprint density at radius 2 is 2.04 bits per heavy atom. The van der Waals surface area contributed by atoms with Gasteiger partial charge < -0.3 is 10.2 Å². The van der Waals surface area contributed by atoms with Gasteiger partial charge in [0.1, 0.15) is 0 Å². The van der Waals surface area contributed by atoms with Crippen molar-refractivity contribution in [2.45, 2.75) is 25.9 Å². The molecule has 0 aliphatic carbocycles. The molecule has 3 rings (SSSR count). The summed E-state index contributed by atoms with van der Waals surface area (Å²) in [6.07, 6.45) is 0.335. The zero-order valence-corrected chi connectivity index (χ0v) is 13.0. The number of amides is 2. The van der Waals surface area contributed by atoms with Gasteiger partial charge in [-0.1, -0.05) is 48.4 Å². The van der Waals surface area contributed by atoms with Gasteiger partial charge in [0, 0.05) is 19.5 Å². The van der Waals surface area contributed by atoms with Crippen LogP contribution in [0.15, 0.2) is 42.5 Å². The summed E-state index contributed by atoms with van der Waals surface area (Å²) < 4.78 is 0. The molecule has 1 aliphatic heterocycles. The first kappa shape index (κ1) is 15.1. The van der Waals surface area contributed by atoms with E-state index in [2.05, 4.69) is 35.4 Å². The Kier molecular flexibility index (Phi) is 4.29. The quantitative estimate of drug-likeness (QED) is 0.883. The van der Waals surface area contributed by atoms with Crippen LogP contribution in [-0.4, -0.2) is 29.3 Å². The average molecular weight is 306 g/mol. The Labute approximate surface area is 135 Å². The highest BCUT2D eigenvalue weighted by Gasteiger charge is 2.30. The molecule has 1 aliphatic rings. The van der Waals surface area contributed by atoms with Crippen LogP contribution < -0.4 is 5.32 Å². The minimum Gasteiger partial charge on any atom is -0.340 e. The van der Waals surface area contributed by atoms with Crippen molar-refractivity contribution in [3.8, 4) is 11.8 Å². The van der Waals surface area contributed by atoms with Gasteiger partial charge in [0.15, 0.2) is 0 Å². The van der Waals surface area contributed by atoms with Gasteiger partial charge in [-0.25, -0.2) is 0 Å². The molecule has 1 fully saturated rings. The maximum absolute atomic E-state index is 12.2. The van der Waals surface area contributed by atoms with Gasteiger partial charge in [-0.3, -0.25) is 9.59 Å². The van der Waals surface area contributed by atoms with Crippen LogP contribution in [0.2, 0.25) is 0 Å². The lowest BCUT2D eigenvalue weighted by molar-refractivity contribution is -0.128.